The summed E-state index contributed by atoms with van der Waals surface area (Å²) < 4.78 is 1.59. The van der Waals surface area contributed by atoms with Crippen molar-refractivity contribution in [1.82, 2.24) is 46.1 Å². The predicted molar refractivity (Wildman–Crippen MR) is 300 cm³/mol. The zero-order valence-electron chi connectivity index (χ0n) is 45.4. The van der Waals surface area contributed by atoms with E-state index in [9.17, 15) is 43.5 Å². The Morgan fingerprint density at radius 2 is 1.20 bits per heavy atom. The van der Waals surface area contributed by atoms with Crippen molar-refractivity contribution in [2.45, 2.75) is 123 Å². The van der Waals surface area contributed by atoms with Crippen LogP contribution in [0.2, 0.25) is 0 Å². The van der Waals surface area contributed by atoms with E-state index < -0.39 is 83.6 Å². The van der Waals surface area contributed by atoms with E-state index >= 15 is 0 Å². The Bertz CT molecular complexity index is 3180. The van der Waals surface area contributed by atoms with Crippen LogP contribution in [0.15, 0.2) is 112 Å². The van der Waals surface area contributed by atoms with Crippen molar-refractivity contribution in [2.75, 3.05) is 13.2 Å². The van der Waals surface area contributed by atoms with Crippen LogP contribution < -0.4 is 43.6 Å². The van der Waals surface area contributed by atoms with Gasteiger partial charge in [-0.25, -0.2) is 14.6 Å². The summed E-state index contributed by atoms with van der Waals surface area (Å²) in [6.45, 7) is 10.9. The fraction of sp³-hybridized carbons (Fsp3) is 0.397. The van der Waals surface area contributed by atoms with Gasteiger partial charge in [-0.05, 0) is 110 Å². The van der Waals surface area contributed by atoms with Gasteiger partial charge >= 0.3 is 11.7 Å². The van der Waals surface area contributed by atoms with E-state index in [4.69, 9.17) is 10.6 Å². The number of nitrogens with one attached hydrogen (secondary N) is 6. The molecule has 418 valence electrons. The van der Waals surface area contributed by atoms with E-state index in [-0.39, 0.29) is 62.0 Å². The lowest BCUT2D eigenvalue weighted by molar-refractivity contribution is -0.142. The summed E-state index contributed by atoms with van der Waals surface area (Å²) in [6, 6.07) is 23.5. The van der Waals surface area contributed by atoms with Gasteiger partial charge in [0.05, 0.1) is 23.8 Å². The fourth-order valence-corrected chi connectivity index (χ4v) is 8.95. The SMILES string of the molecule is Cc1cc2nc3c(=O)[nH]c(=O)nc-3n(C/C=N/OCC(=O)N[C@H](CCCCN)C(=O)N[C@H](CC(C)C)C(=O)N[C@H](CC(C)C)C(=O)N[C@@H](Cc3ccc(-c4ccccc4)cc3)C(=O)N[C@H](Cc3ccccc3)C(=O)O)c2cc1C. The molecular weight excluding hydrogens is 1010 g/mol. The van der Waals surface area contributed by atoms with Gasteiger partial charge in [0.1, 0.15) is 30.2 Å². The maximum absolute atomic E-state index is 14.4. The standard InChI is InChI=1S/C58H71N11O10/c1-34(2)27-44(63-52(71)42(19-13-14-24-59)61-49(70)33-79-60-25-26-69-48-30-37(6)36(5)29-43(48)62-50-51(69)67-58(78)68-56(50)75)53(72)64-45(28-35(3)4)54(73)65-46(31-39-20-22-41(23-21-39)40-17-11-8-12-18-40)55(74)66-47(57(76)77)32-38-15-9-7-10-16-38/h7-12,15-18,20-23,25,29-30,34-35,42,44-47H,13-14,19,24,26-28,31-33,59H2,1-6H3,(H,61,70)(H,63,71)(H,64,72)(H,65,73)(H,66,74)(H,76,77)(H,68,75,78)/b60-25+/t42-,44-,45-,46+,47-/m1/s1. The number of aliphatic carboxylic acids is 1. The summed E-state index contributed by atoms with van der Waals surface area (Å²) >= 11 is 0. The van der Waals surface area contributed by atoms with E-state index in [1.54, 1.807) is 34.9 Å². The third-order valence-corrected chi connectivity index (χ3v) is 13.1. The molecule has 0 radical (unpaired) electrons. The number of aromatic nitrogens is 4. The van der Waals surface area contributed by atoms with Crippen molar-refractivity contribution in [1.29, 1.82) is 0 Å². The first-order chi connectivity index (χ1) is 37.8. The highest BCUT2D eigenvalue weighted by Crippen LogP contribution is 2.24. The number of rotatable bonds is 28. The Balaban J connectivity index is 1.15. The van der Waals surface area contributed by atoms with E-state index in [0.717, 1.165) is 22.3 Å². The molecule has 6 rings (SSSR count). The molecule has 2 heterocycles. The van der Waals surface area contributed by atoms with Gasteiger partial charge in [0.2, 0.25) is 23.6 Å². The average molecular weight is 1080 g/mol. The number of benzene rings is 4. The lowest BCUT2D eigenvalue weighted by Crippen LogP contribution is -2.59. The van der Waals surface area contributed by atoms with Crippen LogP contribution in [0.25, 0.3) is 33.7 Å². The van der Waals surface area contributed by atoms with Crippen molar-refractivity contribution in [3.8, 4) is 22.6 Å². The number of hydrogen-bond donors (Lipinski definition) is 8. The van der Waals surface area contributed by atoms with Gasteiger partial charge in [-0.2, -0.15) is 4.98 Å². The minimum atomic E-state index is -1.32. The lowest BCUT2D eigenvalue weighted by atomic mass is 9.98. The van der Waals surface area contributed by atoms with Gasteiger partial charge in [0, 0.05) is 12.8 Å². The third kappa shape index (κ3) is 17.5. The molecule has 2 aliphatic heterocycles. The van der Waals surface area contributed by atoms with Gasteiger partial charge in [-0.1, -0.05) is 118 Å². The molecule has 5 amide bonds. The topological polar surface area (TPSA) is 311 Å². The lowest BCUT2D eigenvalue weighted by Gasteiger charge is -2.28. The molecular formula is C58H71N11O10. The van der Waals surface area contributed by atoms with Crippen molar-refractivity contribution in [3.63, 3.8) is 0 Å². The quantitative estimate of drug-likeness (QED) is 0.0149. The molecule has 0 fully saturated rings. The molecule has 2 aliphatic rings. The van der Waals surface area contributed by atoms with E-state index in [0.29, 0.717) is 41.5 Å². The maximum Gasteiger partial charge on any atom is 0.349 e. The summed E-state index contributed by atoms with van der Waals surface area (Å²) in [5.74, 6) is -4.98. The molecule has 0 saturated carbocycles. The molecule has 0 unspecified atom stereocenters. The Hall–Kier alpha value is -8.59. The average Bonchev–Trinajstić information content (AvgIpc) is 3.41. The summed E-state index contributed by atoms with van der Waals surface area (Å²) in [5, 5.41) is 27.9. The number of fused-ring (bicyclic) bond motifs is 2. The molecule has 0 saturated heterocycles. The molecule has 79 heavy (non-hydrogen) atoms. The molecule has 0 aliphatic carbocycles. The summed E-state index contributed by atoms with van der Waals surface area (Å²) in [6.07, 6.45) is 2.72. The van der Waals surface area contributed by atoms with Crippen LogP contribution in [0.5, 0.6) is 0 Å². The van der Waals surface area contributed by atoms with Crippen LogP contribution in [0.3, 0.4) is 0 Å². The smallest absolute Gasteiger partial charge is 0.349 e. The number of nitrogens with zero attached hydrogens (tertiary/aromatic N) is 4. The van der Waals surface area contributed by atoms with Crippen molar-refractivity contribution < 1.29 is 38.7 Å². The van der Waals surface area contributed by atoms with Gasteiger partial charge in [-0.3, -0.25) is 33.8 Å². The van der Waals surface area contributed by atoms with Crippen molar-refractivity contribution in [2.24, 2.45) is 22.7 Å². The first-order valence-corrected chi connectivity index (χ1v) is 26.5. The van der Waals surface area contributed by atoms with Crippen molar-refractivity contribution in [3.05, 3.63) is 140 Å². The summed E-state index contributed by atoms with van der Waals surface area (Å²) in [4.78, 5) is 124. The zero-order valence-corrected chi connectivity index (χ0v) is 45.4. The number of hydrogen-bond acceptors (Lipinski definition) is 13. The fourth-order valence-electron chi connectivity index (χ4n) is 8.95. The van der Waals surface area contributed by atoms with Crippen molar-refractivity contribution >= 4 is 52.8 Å². The number of oxime groups is 1. The van der Waals surface area contributed by atoms with Gasteiger partial charge in [0.25, 0.3) is 11.5 Å². The molecule has 0 bridgehead atoms. The number of carboxylic acids is 1. The number of aryl methyl sites for hydroxylation is 2. The number of H-pyrrole nitrogens is 1. The highest BCUT2D eigenvalue weighted by atomic mass is 16.6. The second kappa shape index (κ2) is 28.7. The van der Waals surface area contributed by atoms with Crippen LogP contribution >= 0.6 is 0 Å². The highest BCUT2D eigenvalue weighted by molar-refractivity contribution is 5.96. The van der Waals surface area contributed by atoms with E-state index in [1.807, 2.05) is 108 Å². The van der Waals surface area contributed by atoms with Crippen LogP contribution in [-0.2, 0) is 53.0 Å². The van der Waals surface area contributed by atoms with E-state index in [2.05, 4.69) is 46.7 Å². The Morgan fingerprint density at radius 3 is 1.81 bits per heavy atom. The molecule has 21 nitrogen and oxygen atoms in total. The monoisotopic (exact) mass is 1080 g/mol. The number of carbonyl (C=O) groups is 6. The maximum atomic E-state index is 14.4. The van der Waals surface area contributed by atoms with E-state index in [1.165, 1.54) is 6.21 Å². The largest absolute Gasteiger partial charge is 0.480 e. The van der Waals surface area contributed by atoms with Gasteiger partial charge in [-0.15, -0.1) is 0 Å². The minimum Gasteiger partial charge on any atom is -0.480 e. The summed E-state index contributed by atoms with van der Waals surface area (Å²) in [7, 11) is 0. The predicted octanol–water partition coefficient (Wildman–Crippen LogP) is 4.09. The Labute approximate surface area is 457 Å². The molecule has 4 aromatic carbocycles. The number of carbonyl (C=O) groups excluding carboxylic acids is 5. The molecule has 21 heteroatoms. The molecule has 4 aromatic rings. The number of carboxylic acid groups (broad SMARTS) is 1. The normalized spacial score (nSPS) is 13.4. The van der Waals surface area contributed by atoms with Crippen LogP contribution in [0.4, 0.5) is 0 Å². The van der Waals surface area contributed by atoms with Gasteiger partial charge in [0.15, 0.2) is 18.1 Å². The number of nitrogens with two attached hydrogens (primary N) is 1. The summed E-state index contributed by atoms with van der Waals surface area (Å²) in [5.41, 5.74) is 10.4. The molecule has 0 aromatic heterocycles. The second-order valence-corrected chi connectivity index (χ2v) is 20.5. The zero-order chi connectivity index (χ0) is 57.2. The first-order valence-electron chi connectivity index (χ1n) is 26.5. The van der Waals surface area contributed by atoms with Crippen LogP contribution in [0, 0.1) is 25.7 Å². The minimum absolute atomic E-state index is 0.0120. The number of amides is 5. The van der Waals surface area contributed by atoms with Crippen LogP contribution in [-0.4, -0.2) is 110 Å². The van der Waals surface area contributed by atoms with Gasteiger partial charge < -0.3 is 46.8 Å². The Kier molecular flexibility index (Phi) is 21.7. The second-order valence-electron chi connectivity index (χ2n) is 20.5. The number of unbranched alkanes of at least 4 members (excludes halogenated alkanes) is 1. The third-order valence-electron chi connectivity index (χ3n) is 13.1. The van der Waals surface area contributed by atoms with Crippen LogP contribution in [0.1, 0.15) is 82.1 Å². The highest BCUT2D eigenvalue weighted by Gasteiger charge is 2.34. The first kappa shape index (κ1) is 59.7. The molecule has 9 N–H and O–H groups in total. The number of aromatic amines is 1. The molecule has 0 spiro atoms. The molecule has 5 atom stereocenters. The Morgan fingerprint density at radius 1 is 0.671 bits per heavy atom.